The fourth-order valence-corrected chi connectivity index (χ4v) is 4.28. The first-order valence-corrected chi connectivity index (χ1v) is 11.8. The van der Waals surface area contributed by atoms with Crippen molar-refractivity contribution in [3.63, 3.8) is 0 Å². The van der Waals surface area contributed by atoms with E-state index in [0.29, 0.717) is 11.6 Å². The lowest BCUT2D eigenvalue weighted by atomic mass is 9.96. The Kier molecular flexibility index (Phi) is 5.83. The van der Waals surface area contributed by atoms with Crippen LogP contribution in [-0.4, -0.2) is 19.9 Å². The molecular formula is C32H22N4. The highest BCUT2D eigenvalue weighted by molar-refractivity contribution is 5.79. The molecule has 0 spiro atoms. The lowest BCUT2D eigenvalue weighted by molar-refractivity contribution is 1.07. The molecule has 0 aliphatic rings. The van der Waals surface area contributed by atoms with Crippen LogP contribution in [0, 0.1) is 0 Å². The summed E-state index contributed by atoms with van der Waals surface area (Å²) in [5.74, 6) is 1.29. The zero-order valence-corrected chi connectivity index (χ0v) is 19.5. The fraction of sp³-hybridized carbons (Fsp3) is 0. The van der Waals surface area contributed by atoms with E-state index in [1.54, 1.807) is 18.7 Å². The molecule has 0 radical (unpaired) electrons. The third-order valence-corrected chi connectivity index (χ3v) is 6.13. The van der Waals surface area contributed by atoms with Crippen molar-refractivity contribution < 1.29 is 0 Å². The van der Waals surface area contributed by atoms with Gasteiger partial charge in [-0.15, -0.1) is 0 Å². The highest BCUT2D eigenvalue weighted by atomic mass is 15.0. The van der Waals surface area contributed by atoms with Gasteiger partial charge in [-0.05, 0) is 63.7 Å². The van der Waals surface area contributed by atoms with E-state index in [1.165, 1.54) is 0 Å². The number of hydrogen-bond acceptors (Lipinski definition) is 4. The monoisotopic (exact) mass is 462 g/mol. The molecule has 0 aliphatic heterocycles. The van der Waals surface area contributed by atoms with Crippen molar-refractivity contribution in [2.45, 2.75) is 0 Å². The summed E-state index contributed by atoms with van der Waals surface area (Å²) in [5, 5.41) is 0. The number of aromatic nitrogens is 4. The molecule has 2 aromatic heterocycles. The van der Waals surface area contributed by atoms with Crippen LogP contribution in [0.3, 0.4) is 0 Å². The van der Waals surface area contributed by atoms with E-state index in [1.807, 2.05) is 36.4 Å². The summed E-state index contributed by atoms with van der Waals surface area (Å²) >= 11 is 0. The van der Waals surface area contributed by atoms with Crippen molar-refractivity contribution in [2.75, 3.05) is 0 Å². The third kappa shape index (κ3) is 4.52. The van der Waals surface area contributed by atoms with E-state index in [4.69, 9.17) is 4.98 Å². The van der Waals surface area contributed by atoms with Gasteiger partial charge in [0.05, 0.1) is 0 Å². The summed E-state index contributed by atoms with van der Waals surface area (Å²) in [7, 11) is 0. The molecule has 4 aromatic carbocycles. The minimum absolute atomic E-state index is 0.646. The summed E-state index contributed by atoms with van der Waals surface area (Å²) in [4.78, 5) is 18.0. The van der Waals surface area contributed by atoms with Crippen LogP contribution in [-0.2, 0) is 0 Å². The highest BCUT2D eigenvalue weighted by Crippen LogP contribution is 2.32. The molecule has 170 valence electrons. The fourth-order valence-electron chi connectivity index (χ4n) is 4.28. The minimum Gasteiger partial charge on any atom is -0.265 e. The summed E-state index contributed by atoms with van der Waals surface area (Å²) in [6.07, 6.45) is 5.19. The second-order valence-electron chi connectivity index (χ2n) is 8.48. The molecule has 0 bridgehead atoms. The predicted octanol–water partition coefficient (Wildman–Crippen LogP) is 7.60. The molecule has 6 rings (SSSR count). The summed E-state index contributed by atoms with van der Waals surface area (Å²) in [6.45, 7) is 0. The standard InChI is InChI=1S/C32H22N4/c1-3-7-23(8-4-1)28-19-29(24-9-5-2-6-10-24)21-30(20-28)32-35-22-34-31(36-32)27-13-11-25(12-14-27)26-15-17-33-18-16-26/h1-22H. The van der Waals surface area contributed by atoms with Gasteiger partial charge < -0.3 is 0 Å². The van der Waals surface area contributed by atoms with Crippen molar-refractivity contribution in [1.29, 1.82) is 0 Å². The molecule has 2 heterocycles. The Balaban J connectivity index is 1.41. The Morgan fingerprint density at radius 2 is 0.806 bits per heavy atom. The van der Waals surface area contributed by atoms with Crippen LogP contribution in [0.15, 0.2) is 134 Å². The second-order valence-corrected chi connectivity index (χ2v) is 8.48. The molecule has 0 fully saturated rings. The van der Waals surface area contributed by atoms with Crippen molar-refractivity contribution in [3.8, 4) is 56.2 Å². The molecule has 0 aliphatic carbocycles. The highest BCUT2D eigenvalue weighted by Gasteiger charge is 2.11. The first-order valence-electron chi connectivity index (χ1n) is 11.8. The third-order valence-electron chi connectivity index (χ3n) is 6.13. The molecule has 0 amide bonds. The first kappa shape index (κ1) is 21.6. The van der Waals surface area contributed by atoms with Gasteiger partial charge in [0.2, 0.25) is 0 Å². The molecule has 0 saturated carbocycles. The summed E-state index contributed by atoms with van der Waals surface area (Å²) in [6, 6.07) is 39.5. The quantitative estimate of drug-likeness (QED) is 0.265. The Morgan fingerprint density at radius 3 is 1.39 bits per heavy atom. The van der Waals surface area contributed by atoms with Crippen LogP contribution in [0.4, 0.5) is 0 Å². The van der Waals surface area contributed by atoms with E-state index in [-0.39, 0.29) is 0 Å². The Bertz CT molecular complexity index is 1540. The average Bonchev–Trinajstić information content (AvgIpc) is 2.98. The van der Waals surface area contributed by atoms with Crippen molar-refractivity contribution >= 4 is 0 Å². The van der Waals surface area contributed by atoms with E-state index >= 15 is 0 Å². The van der Waals surface area contributed by atoms with E-state index < -0.39 is 0 Å². The molecule has 36 heavy (non-hydrogen) atoms. The maximum atomic E-state index is 4.85. The zero-order valence-electron chi connectivity index (χ0n) is 19.5. The maximum absolute atomic E-state index is 4.85. The van der Waals surface area contributed by atoms with Gasteiger partial charge in [0.15, 0.2) is 11.6 Å². The van der Waals surface area contributed by atoms with Crippen molar-refractivity contribution in [2.24, 2.45) is 0 Å². The van der Waals surface area contributed by atoms with Crippen molar-refractivity contribution in [1.82, 2.24) is 19.9 Å². The van der Waals surface area contributed by atoms with Crippen LogP contribution in [0.1, 0.15) is 0 Å². The van der Waals surface area contributed by atoms with Gasteiger partial charge in [0.25, 0.3) is 0 Å². The van der Waals surface area contributed by atoms with E-state index in [0.717, 1.165) is 44.5 Å². The zero-order chi connectivity index (χ0) is 24.2. The maximum Gasteiger partial charge on any atom is 0.163 e. The van der Waals surface area contributed by atoms with Gasteiger partial charge >= 0.3 is 0 Å². The average molecular weight is 463 g/mol. The number of hydrogen-bond donors (Lipinski definition) is 0. The van der Waals surface area contributed by atoms with Crippen LogP contribution in [0.25, 0.3) is 56.2 Å². The Labute approximate surface area is 210 Å². The number of nitrogens with zero attached hydrogens (tertiary/aromatic N) is 4. The molecule has 0 N–H and O–H groups in total. The van der Waals surface area contributed by atoms with Gasteiger partial charge in [-0.2, -0.15) is 0 Å². The van der Waals surface area contributed by atoms with Crippen LogP contribution < -0.4 is 0 Å². The molecule has 0 unspecified atom stereocenters. The molecule has 0 saturated heterocycles. The normalized spacial score (nSPS) is 10.8. The molecule has 0 atom stereocenters. The van der Waals surface area contributed by atoms with Gasteiger partial charge in [-0.3, -0.25) is 4.98 Å². The molecular weight excluding hydrogens is 440 g/mol. The van der Waals surface area contributed by atoms with Crippen LogP contribution >= 0.6 is 0 Å². The smallest absolute Gasteiger partial charge is 0.163 e. The Hall–Kier alpha value is -4.96. The number of rotatable bonds is 5. The Morgan fingerprint density at radius 1 is 0.361 bits per heavy atom. The first-order chi connectivity index (χ1) is 17.8. The van der Waals surface area contributed by atoms with Gasteiger partial charge in [-0.1, -0.05) is 84.9 Å². The largest absolute Gasteiger partial charge is 0.265 e. The van der Waals surface area contributed by atoms with Gasteiger partial charge in [0, 0.05) is 23.5 Å². The SMILES string of the molecule is c1ccc(-c2cc(-c3ccccc3)cc(-c3ncnc(-c4ccc(-c5ccncc5)cc4)n3)c2)cc1. The molecule has 4 nitrogen and oxygen atoms in total. The topological polar surface area (TPSA) is 51.6 Å². The lowest BCUT2D eigenvalue weighted by Gasteiger charge is -2.11. The second kappa shape index (κ2) is 9.72. The van der Waals surface area contributed by atoms with E-state index in [2.05, 4.69) is 93.8 Å². The van der Waals surface area contributed by atoms with Gasteiger partial charge in [0.1, 0.15) is 6.33 Å². The molecule has 6 aromatic rings. The van der Waals surface area contributed by atoms with Gasteiger partial charge in [-0.25, -0.2) is 15.0 Å². The lowest BCUT2D eigenvalue weighted by Crippen LogP contribution is -1.96. The van der Waals surface area contributed by atoms with Crippen LogP contribution in [0.5, 0.6) is 0 Å². The predicted molar refractivity (Wildman–Crippen MR) is 145 cm³/mol. The van der Waals surface area contributed by atoms with Crippen molar-refractivity contribution in [3.05, 3.63) is 134 Å². The number of benzene rings is 4. The van der Waals surface area contributed by atoms with Crippen LogP contribution in [0.2, 0.25) is 0 Å². The summed E-state index contributed by atoms with van der Waals surface area (Å²) in [5.41, 5.74) is 8.69. The minimum atomic E-state index is 0.646. The summed E-state index contributed by atoms with van der Waals surface area (Å²) < 4.78 is 0. The van der Waals surface area contributed by atoms with E-state index in [9.17, 15) is 0 Å². The number of pyridine rings is 1. The molecule has 4 heteroatoms.